The molecule has 3 aromatic heterocycles. The SMILES string of the molecule is C=CC(=O)Nc1cnc(-c2cncc(C(C)C(=O)Nc3ncc(SC)s3)c2)cn1. The van der Waals surface area contributed by atoms with Crippen molar-refractivity contribution < 1.29 is 9.59 Å². The Morgan fingerprint density at radius 3 is 2.62 bits per heavy atom. The number of nitrogens with one attached hydrogen (secondary N) is 2. The Bertz CT molecular complexity index is 1040. The van der Waals surface area contributed by atoms with Gasteiger partial charge in [0.25, 0.3) is 0 Å². The van der Waals surface area contributed by atoms with Crippen molar-refractivity contribution in [3.63, 3.8) is 0 Å². The maximum Gasteiger partial charge on any atom is 0.248 e. The molecule has 1 atom stereocenters. The van der Waals surface area contributed by atoms with Crippen molar-refractivity contribution in [2.75, 3.05) is 16.9 Å². The van der Waals surface area contributed by atoms with E-state index in [4.69, 9.17) is 0 Å². The van der Waals surface area contributed by atoms with Gasteiger partial charge in [0.15, 0.2) is 10.9 Å². The summed E-state index contributed by atoms with van der Waals surface area (Å²) in [5.74, 6) is -0.633. The number of hydrogen-bond acceptors (Lipinski definition) is 8. The molecule has 10 heteroatoms. The fourth-order valence-corrected chi connectivity index (χ4v) is 3.61. The molecule has 0 aliphatic heterocycles. The number of carbonyl (C=O) groups excluding carboxylic acids is 2. The molecule has 0 fully saturated rings. The Balaban J connectivity index is 1.73. The second-order valence-corrected chi connectivity index (χ2v) is 8.02. The fraction of sp³-hybridized carbons (Fsp3) is 0.158. The van der Waals surface area contributed by atoms with Crippen LogP contribution in [0.4, 0.5) is 10.9 Å². The van der Waals surface area contributed by atoms with Crippen LogP contribution in [0, 0.1) is 0 Å². The van der Waals surface area contributed by atoms with Gasteiger partial charge in [-0.1, -0.05) is 17.9 Å². The highest BCUT2D eigenvalue weighted by atomic mass is 32.2. The summed E-state index contributed by atoms with van der Waals surface area (Å²) >= 11 is 3.01. The van der Waals surface area contributed by atoms with Crippen LogP contribution in [0.5, 0.6) is 0 Å². The van der Waals surface area contributed by atoms with Crippen LogP contribution >= 0.6 is 23.1 Å². The molecule has 3 aromatic rings. The maximum absolute atomic E-state index is 12.6. The Kier molecular flexibility index (Phi) is 6.68. The van der Waals surface area contributed by atoms with Crippen molar-refractivity contribution in [2.45, 2.75) is 17.1 Å². The molecule has 2 amide bonds. The van der Waals surface area contributed by atoms with Gasteiger partial charge in [-0.05, 0) is 30.9 Å². The van der Waals surface area contributed by atoms with Crippen LogP contribution in [-0.2, 0) is 9.59 Å². The van der Waals surface area contributed by atoms with Crippen LogP contribution in [0.1, 0.15) is 18.4 Å². The monoisotopic (exact) mass is 426 g/mol. The first-order chi connectivity index (χ1) is 14.0. The molecule has 0 spiro atoms. The first-order valence-corrected chi connectivity index (χ1v) is 10.6. The molecule has 0 radical (unpaired) electrons. The second kappa shape index (κ2) is 9.39. The van der Waals surface area contributed by atoms with Gasteiger partial charge in [-0.2, -0.15) is 0 Å². The predicted molar refractivity (Wildman–Crippen MR) is 115 cm³/mol. The standard InChI is InChI=1S/C19H18N6O2S2/c1-4-16(26)24-15-9-21-14(8-22-15)13-5-12(6-20-7-13)11(2)18(27)25-19-23-10-17(28-3)29-19/h4-11H,1H2,2-3H3,(H,22,24,26)(H,23,25,27). The number of hydrogen-bond donors (Lipinski definition) is 2. The molecule has 3 rings (SSSR count). The zero-order chi connectivity index (χ0) is 20.8. The number of pyridine rings is 1. The first kappa shape index (κ1) is 20.6. The van der Waals surface area contributed by atoms with E-state index in [2.05, 4.69) is 37.1 Å². The minimum absolute atomic E-state index is 0.167. The van der Waals surface area contributed by atoms with Gasteiger partial charge >= 0.3 is 0 Å². The van der Waals surface area contributed by atoms with Crippen LogP contribution in [0.25, 0.3) is 11.3 Å². The van der Waals surface area contributed by atoms with E-state index in [0.29, 0.717) is 16.6 Å². The minimum Gasteiger partial charge on any atom is -0.306 e. The highest BCUT2D eigenvalue weighted by molar-refractivity contribution is 8.00. The zero-order valence-corrected chi connectivity index (χ0v) is 17.4. The lowest BCUT2D eigenvalue weighted by atomic mass is 10.0. The number of thiazole rings is 1. The lowest BCUT2D eigenvalue weighted by Crippen LogP contribution is -2.18. The third-order valence-corrected chi connectivity index (χ3v) is 5.92. The largest absolute Gasteiger partial charge is 0.306 e. The number of carbonyl (C=O) groups is 2. The van der Waals surface area contributed by atoms with E-state index in [9.17, 15) is 9.59 Å². The summed E-state index contributed by atoms with van der Waals surface area (Å²) in [5, 5.41) is 5.94. The van der Waals surface area contributed by atoms with E-state index in [1.165, 1.54) is 23.7 Å². The van der Waals surface area contributed by atoms with Gasteiger partial charge in [-0.3, -0.25) is 19.6 Å². The van der Waals surface area contributed by atoms with Gasteiger partial charge in [0.2, 0.25) is 11.8 Å². The molecule has 29 heavy (non-hydrogen) atoms. The van der Waals surface area contributed by atoms with Crippen LogP contribution in [-0.4, -0.2) is 38.0 Å². The zero-order valence-electron chi connectivity index (χ0n) is 15.7. The lowest BCUT2D eigenvalue weighted by molar-refractivity contribution is -0.117. The van der Waals surface area contributed by atoms with Gasteiger partial charge in [0.1, 0.15) is 0 Å². The summed E-state index contributed by atoms with van der Waals surface area (Å²) < 4.78 is 1.03. The Labute approximate surface area is 175 Å². The summed E-state index contributed by atoms with van der Waals surface area (Å²) in [5.41, 5.74) is 2.04. The molecule has 0 saturated heterocycles. The summed E-state index contributed by atoms with van der Waals surface area (Å²) in [6.07, 6.45) is 11.1. The van der Waals surface area contributed by atoms with Gasteiger partial charge < -0.3 is 10.6 Å². The van der Waals surface area contributed by atoms with Crippen LogP contribution in [0.3, 0.4) is 0 Å². The number of amides is 2. The number of aromatic nitrogens is 4. The quantitative estimate of drug-likeness (QED) is 0.439. The Morgan fingerprint density at radius 1 is 1.14 bits per heavy atom. The van der Waals surface area contributed by atoms with Crippen LogP contribution in [0.15, 0.2) is 53.9 Å². The maximum atomic E-state index is 12.6. The van der Waals surface area contributed by atoms with Crippen molar-refractivity contribution in [3.8, 4) is 11.3 Å². The highest BCUT2D eigenvalue weighted by Crippen LogP contribution is 2.28. The average molecular weight is 427 g/mol. The Morgan fingerprint density at radius 2 is 1.97 bits per heavy atom. The smallest absolute Gasteiger partial charge is 0.248 e. The van der Waals surface area contributed by atoms with Crippen molar-refractivity contribution in [2.24, 2.45) is 0 Å². The molecule has 0 aliphatic carbocycles. The van der Waals surface area contributed by atoms with E-state index >= 15 is 0 Å². The molecule has 1 unspecified atom stereocenters. The van der Waals surface area contributed by atoms with E-state index < -0.39 is 5.92 Å². The van der Waals surface area contributed by atoms with E-state index in [1.807, 2.05) is 12.3 Å². The molecule has 3 heterocycles. The lowest BCUT2D eigenvalue weighted by Gasteiger charge is -2.12. The molecule has 8 nitrogen and oxygen atoms in total. The molecule has 0 saturated carbocycles. The third-order valence-electron chi connectivity index (χ3n) is 3.95. The topological polar surface area (TPSA) is 110 Å². The van der Waals surface area contributed by atoms with Gasteiger partial charge in [0, 0.05) is 18.0 Å². The fourth-order valence-electron chi connectivity index (χ4n) is 2.33. The number of thioether (sulfide) groups is 1. The summed E-state index contributed by atoms with van der Waals surface area (Å²) in [6.45, 7) is 5.19. The Hall–Kier alpha value is -3.11. The predicted octanol–water partition coefficient (Wildman–Crippen LogP) is 3.58. The molecule has 2 N–H and O–H groups in total. The summed E-state index contributed by atoms with van der Waals surface area (Å²) in [6, 6.07) is 1.85. The number of rotatable bonds is 7. The third kappa shape index (κ3) is 5.24. The molecular weight excluding hydrogens is 408 g/mol. The van der Waals surface area contributed by atoms with E-state index in [1.54, 1.807) is 37.3 Å². The number of nitrogens with zero attached hydrogens (tertiary/aromatic N) is 4. The van der Waals surface area contributed by atoms with E-state index in [0.717, 1.165) is 21.4 Å². The van der Waals surface area contributed by atoms with E-state index in [-0.39, 0.29) is 11.8 Å². The molecule has 148 valence electrons. The molecule has 0 bridgehead atoms. The molecular formula is C19H18N6O2S2. The minimum atomic E-state index is -0.428. The molecule has 0 aliphatic rings. The van der Waals surface area contributed by atoms with Crippen LogP contribution < -0.4 is 10.6 Å². The van der Waals surface area contributed by atoms with Crippen molar-refractivity contribution in [1.82, 2.24) is 19.9 Å². The van der Waals surface area contributed by atoms with Crippen molar-refractivity contribution in [3.05, 3.63) is 55.3 Å². The molecule has 0 aromatic carbocycles. The van der Waals surface area contributed by atoms with Crippen LogP contribution in [0.2, 0.25) is 0 Å². The number of anilines is 2. The average Bonchev–Trinajstić information content (AvgIpc) is 3.21. The second-order valence-electron chi connectivity index (χ2n) is 5.89. The highest BCUT2D eigenvalue weighted by Gasteiger charge is 2.18. The van der Waals surface area contributed by atoms with Crippen molar-refractivity contribution >= 4 is 45.9 Å². The van der Waals surface area contributed by atoms with Gasteiger partial charge in [-0.25, -0.2) is 9.97 Å². The van der Waals surface area contributed by atoms with Crippen molar-refractivity contribution in [1.29, 1.82) is 0 Å². The normalized spacial score (nSPS) is 11.5. The van der Waals surface area contributed by atoms with Gasteiger partial charge in [-0.15, -0.1) is 11.8 Å². The first-order valence-electron chi connectivity index (χ1n) is 8.51. The summed E-state index contributed by atoms with van der Waals surface area (Å²) in [4.78, 5) is 40.8. The van der Waals surface area contributed by atoms with Gasteiger partial charge in [0.05, 0.1) is 34.4 Å². The summed E-state index contributed by atoms with van der Waals surface area (Å²) in [7, 11) is 0.